The van der Waals surface area contributed by atoms with E-state index in [1.165, 1.54) is 6.33 Å². The maximum atomic E-state index is 5.00. The standard InChI is InChI=1S/C8H6N8S/c17-8-10-12-14-16(8)7-3-1-6(2-4-7)15-5-9-11-13-15/h1-5H,(H,10,14,17). The third kappa shape index (κ3) is 1.72. The molecule has 0 aliphatic rings. The SMILES string of the molecule is S=c1nn[nH]n1-c1ccc(-n2cnnn2)cc1. The van der Waals surface area contributed by atoms with Crippen LogP contribution >= 0.6 is 12.2 Å². The minimum absolute atomic E-state index is 0.375. The zero-order chi connectivity index (χ0) is 11.7. The van der Waals surface area contributed by atoms with Crippen molar-refractivity contribution in [2.24, 2.45) is 0 Å². The average Bonchev–Trinajstić information content (AvgIpc) is 3.00. The van der Waals surface area contributed by atoms with Gasteiger partial charge in [0.05, 0.1) is 11.4 Å². The Morgan fingerprint density at radius 1 is 1.12 bits per heavy atom. The highest BCUT2D eigenvalue weighted by Crippen LogP contribution is 2.10. The summed E-state index contributed by atoms with van der Waals surface area (Å²) in [7, 11) is 0. The first-order valence-corrected chi connectivity index (χ1v) is 5.09. The summed E-state index contributed by atoms with van der Waals surface area (Å²) in [6.45, 7) is 0. The molecule has 0 saturated carbocycles. The van der Waals surface area contributed by atoms with Crippen molar-refractivity contribution in [2.45, 2.75) is 0 Å². The predicted octanol–water partition coefficient (Wildman–Crippen LogP) is 0.301. The highest BCUT2D eigenvalue weighted by atomic mass is 32.1. The Morgan fingerprint density at radius 3 is 2.47 bits per heavy atom. The number of aromatic amines is 1. The second-order valence-corrected chi connectivity index (χ2v) is 3.55. The highest BCUT2D eigenvalue weighted by Gasteiger charge is 2.01. The van der Waals surface area contributed by atoms with Gasteiger partial charge < -0.3 is 0 Å². The monoisotopic (exact) mass is 246 g/mol. The van der Waals surface area contributed by atoms with E-state index in [1.807, 2.05) is 24.3 Å². The van der Waals surface area contributed by atoms with E-state index in [0.29, 0.717) is 4.77 Å². The van der Waals surface area contributed by atoms with Gasteiger partial charge in [-0.3, -0.25) is 0 Å². The molecule has 2 aromatic heterocycles. The number of rotatable bonds is 2. The summed E-state index contributed by atoms with van der Waals surface area (Å²) in [6, 6.07) is 7.47. The number of tetrazole rings is 2. The van der Waals surface area contributed by atoms with Gasteiger partial charge in [0.15, 0.2) is 0 Å². The molecule has 0 unspecified atom stereocenters. The topological polar surface area (TPSA) is 90.1 Å². The van der Waals surface area contributed by atoms with Crippen molar-refractivity contribution in [1.82, 2.24) is 40.4 Å². The van der Waals surface area contributed by atoms with Crippen LogP contribution in [0.3, 0.4) is 0 Å². The first-order chi connectivity index (χ1) is 8.34. The van der Waals surface area contributed by atoms with Crippen LogP contribution in [-0.4, -0.2) is 40.4 Å². The Kier molecular flexibility index (Phi) is 2.22. The molecule has 1 N–H and O–H groups in total. The van der Waals surface area contributed by atoms with Gasteiger partial charge in [-0.15, -0.1) is 5.10 Å². The lowest BCUT2D eigenvalue weighted by molar-refractivity contribution is 0.778. The molecule has 0 bridgehead atoms. The molecule has 2 heterocycles. The van der Waals surface area contributed by atoms with E-state index in [2.05, 4.69) is 31.1 Å². The van der Waals surface area contributed by atoms with Gasteiger partial charge in [0.2, 0.25) is 4.77 Å². The molecular weight excluding hydrogens is 240 g/mol. The predicted molar refractivity (Wildman–Crippen MR) is 59.3 cm³/mol. The van der Waals surface area contributed by atoms with Gasteiger partial charge in [-0.25, -0.2) is 9.36 Å². The van der Waals surface area contributed by atoms with Crippen molar-refractivity contribution in [3.63, 3.8) is 0 Å². The molecule has 0 fully saturated rings. The molecular formula is C8H6N8S. The number of H-pyrrole nitrogens is 1. The number of nitrogens with one attached hydrogen (secondary N) is 1. The fraction of sp³-hybridized carbons (Fsp3) is 0. The smallest absolute Gasteiger partial charge is 0.210 e. The van der Waals surface area contributed by atoms with Crippen LogP contribution in [0.25, 0.3) is 11.4 Å². The molecule has 0 aliphatic carbocycles. The molecule has 8 nitrogen and oxygen atoms in total. The summed E-state index contributed by atoms with van der Waals surface area (Å²) in [5.74, 6) is 0. The second-order valence-electron chi connectivity index (χ2n) is 3.19. The zero-order valence-corrected chi connectivity index (χ0v) is 9.24. The maximum Gasteiger partial charge on any atom is 0.242 e. The van der Waals surface area contributed by atoms with E-state index < -0.39 is 0 Å². The van der Waals surface area contributed by atoms with Crippen LogP contribution in [-0.2, 0) is 0 Å². The van der Waals surface area contributed by atoms with Crippen LogP contribution in [0.5, 0.6) is 0 Å². The summed E-state index contributed by atoms with van der Waals surface area (Å²) in [5, 5.41) is 20.9. The average molecular weight is 246 g/mol. The molecule has 0 amide bonds. The normalized spacial score (nSPS) is 10.6. The second kappa shape index (κ2) is 3.87. The van der Waals surface area contributed by atoms with E-state index in [-0.39, 0.29) is 0 Å². The van der Waals surface area contributed by atoms with Crippen molar-refractivity contribution in [3.8, 4) is 11.4 Å². The lowest BCUT2D eigenvalue weighted by Gasteiger charge is -2.02. The summed E-state index contributed by atoms with van der Waals surface area (Å²) < 4.78 is 3.53. The van der Waals surface area contributed by atoms with Crippen LogP contribution in [0.4, 0.5) is 0 Å². The molecule has 0 radical (unpaired) electrons. The fourth-order valence-corrected chi connectivity index (χ4v) is 1.59. The van der Waals surface area contributed by atoms with E-state index in [4.69, 9.17) is 12.2 Å². The highest BCUT2D eigenvalue weighted by molar-refractivity contribution is 7.71. The number of hydrogen-bond donors (Lipinski definition) is 1. The Labute approximate surface area is 99.9 Å². The van der Waals surface area contributed by atoms with E-state index >= 15 is 0 Å². The molecule has 3 aromatic rings. The number of hydrogen-bond acceptors (Lipinski definition) is 6. The van der Waals surface area contributed by atoms with Crippen molar-refractivity contribution < 1.29 is 0 Å². The van der Waals surface area contributed by atoms with Crippen LogP contribution in [0.1, 0.15) is 0 Å². The summed E-state index contributed by atoms with van der Waals surface area (Å²) in [6.07, 6.45) is 1.53. The summed E-state index contributed by atoms with van der Waals surface area (Å²) in [4.78, 5) is 0. The third-order valence-corrected chi connectivity index (χ3v) is 2.46. The number of nitrogens with zero attached hydrogens (tertiary/aromatic N) is 7. The van der Waals surface area contributed by atoms with E-state index in [1.54, 1.807) is 9.36 Å². The van der Waals surface area contributed by atoms with Crippen molar-refractivity contribution in [3.05, 3.63) is 35.4 Å². The third-order valence-electron chi connectivity index (χ3n) is 2.19. The Bertz CT molecular complexity index is 664. The van der Waals surface area contributed by atoms with E-state index in [9.17, 15) is 0 Å². The van der Waals surface area contributed by atoms with Gasteiger partial charge in [-0.2, -0.15) is 5.21 Å². The minimum Gasteiger partial charge on any atom is -0.210 e. The largest absolute Gasteiger partial charge is 0.242 e. The van der Waals surface area contributed by atoms with E-state index in [0.717, 1.165) is 11.4 Å². The molecule has 0 saturated heterocycles. The van der Waals surface area contributed by atoms with Crippen molar-refractivity contribution in [1.29, 1.82) is 0 Å². The molecule has 0 atom stereocenters. The first kappa shape index (κ1) is 9.78. The molecule has 0 aliphatic heterocycles. The number of aromatic nitrogens is 8. The summed E-state index contributed by atoms with van der Waals surface area (Å²) in [5.41, 5.74) is 1.70. The molecule has 1 aromatic carbocycles. The summed E-state index contributed by atoms with van der Waals surface area (Å²) >= 11 is 5.00. The quantitative estimate of drug-likeness (QED) is 0.654. The molecule has 3 rings (SSSR count). The zero-order valence-electron chi connectivity index (χ0n) is 8.43. The van der Waals surface area contributed by atoms with Crippen LogP contribution in [0.15, 0.2) is 30.6 Å². The van der Waals surface area contributed by atoms with Gasteiger partial charge in [0.25, 0.3) is 0 Å². The molecule has 17 heavy (non-hydrogen) atoms. The molecule has 9 heteroatoms. The van der Waals surface area contributed by atoms with Crippen molar-refractivity contribution >= 4 is 12.2 Å². The van der Waals surface area contributed by atoms with Gasteiger partial charge in [0, 0.05) is 0 Å². The lowest BCUT2D eigenvalue weighted by Crippen LogP contribution is -1.99. The molecule has 84 valence electrons. The molecule has 0 spiro atoms. The van der Waals surface area contributed by atoms with Gasteiger partial charge in [-0.05, 0) is 46.9 Å². The Balaban J connectivity index is 2.01. The van der Waals surface area contributed by atoms with Crippen LogP contribution in [0, 0.1) is 4.77 Å². The van der Waals surface area contributed by atoms with Crippen LogP contribution in [0.2, 0.25) is 0 Å². The van der Waals surface area contributed by atoms with Gasteiger partial charge in [0.1, 0.15) is 6.33 Å². The van der Waals surface area contributed by atoms with Gasteiger partial charge in [-0.1, -0.05) is 10.3 Å². The first-order valence-electron chi connectivity index (χ1n) is 4.68. The Hall–Kier alpha value is -2.42. The van der Waals surface area contributed by atoms with Crippen LogP contribution < -0.4 is 0 Å². The maximum absolute atomic E-state index is 5.00. The Morgan fingerprint density at radius 2 is 1.88 bits per heavy atom. The number of benzene rings is 1. The van der Waals surface area contributed by atoms with Crippen molar-refractivity contribution in [2.75, 3.05) is 0 Å². The lowest BCUT2D eigenvalue weighted by atomic mass is 10.3. The van der Waals surface area contributed by atoms with Gasteiger partial charge >= 0.3 is 0 Å². The fourth-order valence-electron chi connectivity index (χ4n) is 1.40. The minimum atomic E-state index is 0.375.